The molecular weight excluding hydrogens is 318 g/mol. The topological polar surface area (TPSA) is 37.4 Å². The van der Waals surface area contributed by atoms with Gasteiger partial charge in [0.2, 0.25) is 10.0 Å². The predicted octanol–water partition coefficient (Wildman–Crippen LogP) is 4.33. The molecule has 0 bridgehead atoms. The highest BCUT2D eigenvalue weighted by molar-refractivity contribution is 7.89. The fourth-order valence-corrected chi connectivity index (χ4v) is 4.07. The third kappa shape index (κ3) is 3.88. The number of hydrogen-bond acceptors (Lipinski definition) is 2. The van der Waals surface area contributed by atoms with Crippen molar-refractivity contribution in [3.8, 4) is 0 Å². The second-order valence-corrected chi connectivity index (χ2v) is 8.42. The number of halogens is 1. The van der Waals surface area contributed by atoms with Gasteiger partial charge in [0.15, 0.2) is 0 Å². The minimum Gasteiger partial charge on any atom is -0.207 e. The van der Waals surface area contributed by atoms with Crippen molar-refractivity contribution in [1.82, 2.24) is 4.31 Å². The molecule has 0 heterocycles. The van der Waals surface area contributed by atoms with Crippen LogP contribution in [0.2, 0.25) is 5.02 Å². The molecule has 0 unspecified atom stereocenters. The van der Waals surface area contributed by atoms with Gasteiger partial charge in [0, 0.05) is 17.1 Å². The monoisotopic (exact) mass is 337 g/mol. The van der Waals surface area contributed by atoms with Crippen LogP contribution in [0.4, 0.5) is 0 Å². The van der Waals surface area contributed by atoms with Crippen molar-refractivity contribution in [2.75, 3.05) is 0 Å². The van der Waals surface area contributed by atoms with E-state index in [1.54, 1.807) is 24.3 Å². The zero-order valence-corrected chi connectivity index (χ0v) is 14.5. The largest absolute Gasteiger partial charge is 0.243 e. The molecule has 0 N–H and O–H groups in total. The van der Waals surface area contributed by atoms with Crippen LogP contribution in [0.1, 0.15) is 26.3 Å². The molecule has 0 amide bonds. The molecule has 2 rings (SSSR count). The molecule has 22 heavy (non-hydrogen) atoms. The summed E-state index contributed by atoms with van der Waals surface area (Å²) in [7, 11) is -3.60. The Morgan fingerprint density at radius 2 is 1.50 bits per heavy atom. The van der Waals surface area contributed by atoms with Crippen LogP contribution in [0.15, 0.2) is 59.5 Å². The van der Waals surface area contributed by atoms with Crippen LogP contribution >= 0.6 is 11.6 Å². The summed E-state index contributed by atoms with van der Waals surface area (Å²) < 4.78 is 27.5. The van der Waals surface area contributed by atoms with Crippen molar-refractivity contribution < 1.29 is 8.42 Å². The molecule has 0 radical (unpaired) electrons. The highest BCUT2D eigenvalue weighted by atomic mass is 35.5. The van der Waals surface area contributed by atoms with E-state index in [0.29, 0.717) is 11.6 Å². The van der Waals surface area contributed by atoms with Gasteiger partial charge in [-0.3, -0.25) is 0 Å². The first-order valence-electron chi connectivity index (χ1n) is 7.03. The molecule has 0 spiro atoms. The molecule has 0 aliphatic heterocycles. The van der Waals surface area contributed by atoms with Crippen LogP contribution in [-0.2, 0) is 16.6 Å². The molecule has 118 valence electrons. The van der Waals surface area contributed by atoms with E-state index in [-0.39, 0.29) is 4.90 Å². The molecule has 0 saturated heterocycles. The van der Waals surface area contributed by atoms with Crippen LogP contribution in [0.3, 0.4) is 0 Å². The van der Waals surface area contributed by atoms with E-state index >= 15 is 0 Å². The zero-order valence-electron chi connectivity index (χ0n) is 13.0. The summed E-state index contributed by atoms with van der Waals surface area (Å²) in [6.45, 7) is 6.01. The van der Waals surface area contributed by atoms with E-state index in [0.717, 1.165) is 5.56 Å². The Balaban J connectivity index is 2.43. The van der Waals surface area contributed by atoms with Crippen LogP contribution in [0, 0.1) is 0 Å². The first-order valence-corrected chi connectivity index (χ1v) is 8.85. The van der Waals surface area contributed by atoms with Crippen molar-refractivity contribution >= 4 is 21.6 Å². The number of hydrogen-bond donors (Lipinski definition) is 0. The van der Waals surface area contributed by atoms with Crippen LogP contribution in [0.25, 0.3) is 0 Å². The van der Waals surface area contributed by atoms with Crippen molar-refractivity contribution in [1.29, 1.82) is 0 Å². The van der Waals surface area contributed by atoms with Gasteiger partial charge in [0.25, 0.3) is 0 Å². The summed E-state index contributed by atoms with van der Waals surface area (Å²) >= 11 is 5.85. The van der Waals surface area contributed by atoms with Gasteiger partial charge in [0.1, 0.15) is 0 Å². The first-order chi connectivity index (χ1) is 10.2. The summed E-state index contributed by atoms with van der Waals surface area (Å²) in [5.41, 5.74) is 0.420. The van der Waals surface area contributed by atoms with E-state index in [1.807, 2.05) is 51.1 Å². The van der Waals surface area contributed by atoms with Crippen molar-refractivity contribution in [3.63, 3.8) is 0 Å². The normalized spacial score (nSPS) is 12.6. The fraction of sp³-hybridized carbons (Fsp3) is 0.294. The van der Waals surface area contributed by atoms with Gasteiger partial charge in [-0.2, -0.15) is 4.31 Å². The average Bonchev–Trinajstić information content (AvgIpc) is 2.45. The average molecular weight is 338 g/mol. The summed E-state index contributed by atoms with van der Waals surface area (Å²) in [4.78, 5) is 0.253. The maximum atomic E-state index is 13.0. The molecule has 0 aliphatic carbocycles. The standard InChI is InChI=1S/C17H20ClNO2S/c1-17(2,3)19(13-14-7-5-4-6-8-14)22(20,21)16-11-9-15(18)10-12-16/h4-12H,13H2,1-3H3. The Morgan fingerprint density at radius 1 is 0.955 bits per heavy atom. The lowest BCUT2D eigenvalue weighted by molar-refractivity contribution is 0.242. The molecule has 0 fully saturated rings. The molecule has 0 saturated carbocycles. The third-order valence-electron chi connectivity index (χ3n) is 3.32. The fourth-order valence-electron chi connectivity index (χ4n) is 2.17. The molecule has 5 heteroatoms. The van der Waals surface area contributed by atoms with Crippen molar-refractivity contribution in [2.24, 2.45) is 0 Å². The minimum absolute atomic E-state index is 0.253. The van der Waals surface area contributed by atoms with E-state index < -0.39 is 15.6 Å². The highest BCUT2D eigenvalue weighted by Crippen LogP contribution is 2.27. The zero-order chi connectivity index (χ0) is 16.4. The molecular formula is C17H20ClNO2S. The van der Waals surface area contributed by atoms with E-state index in [2.05, 4.69) is 0 Å². The maximum absolute atomic E-state index is 13.0. The second kappa shape index (κ2) is 6.41. The van der Waals surface area contributed by atoms with Crippen molar-refractivity contribution in [2.45, 2.75) is 37.8 Å². The Morgan fingerprint density at radius 3 is 2.00 bits per heavy atom. The van der Waals surface area contributed by atoms with E-state index in [9.17, 15) is 8.42 Å². The highest BCUT2D eigenvalue weighted by Gasteiger charge is 2.33. The minimum atomic E-state index is -3.60. The lowest BCUT2D eigenvalue weighted by atomic mass is 10.1. The summed E-state index contributed by atoms with van der Waals surface area (Å²) in [5, 5.41) is 0.518. The summed E-state index contributed by atoms with van der Waals surface area (Å²) in [6, 6.07) is 15.9. The van der Waals surface area contributed by atoms with E-state index in [4.69, 9.17) is 11.6 Å². The molecule has 2 aromatic rings. The maximum Gasteiger partial charge on any atom is 0.243 e. The van der Waals surface area contributed by atoms with Crippen molar-refractivity contribution in [3.05, 3.63) is 65.2 Å². The SMILES string of the molecule is CC(C)(C)N(Cc1ccccc1)S(=O)(=O)c1ccc(Cl)cc1. The van der Waals surface area contributed by atoms with Gasteiger partial charge in [-0.25, -0.2) is 8.42 Å². The van der Waals surface area contributed by atoms with Gasteiger partial charge in [-0.15, -0.1) is 0 Å². The van der Waals surface area contributed by atoms with Gasteiger partial charge < -0.3 is 0 Å². The van der Waals surface area contributed by atoms with Crippen LogP contribution in [0.5, 0.6) is 0 Å². The smallest absolute Gasteiger partial charge is 0.207 e. The number of nitrogens with zero attached hydrogens (tertiary/aromatic N) is 1. The van der Waals surface area contributed by atoms with Gasteiger partial charge in [0.05, 0.1) is 4.90 Å². The molecule has 3 nitrogen and oxygen atoms in total. The third-order valence-corrected chi connectivity index (χ3v) is 5.70. The Labute approximate surface area is 137 Å². The quantitative estimate of drug-likeness (QED) is 0.832. The number of sulfonamides is 1. The lowest BCUT2D eigenvalue weighted by Crippen LogP contribution is -2.44. The lowest BCUT2D eigenvalue weighted by Gasteiger charge is -2.34. The van der Waals surface area contributed by atoms with Gasteiger partial charge >= 0.3 is 0 Å². The Kier molecular flexibility index (Phi) is 4.95. The summed E-state index contributed by atoms with van der Waals surface area (Å²) in [6.07, 6.45) is 0. The van der Waals surface area contributed by atoms with Crippen LogP contribution in [-0.4, -0.2) is 18.3 Å². The Bertz CT molecular complexity index is 720. The summed E-state index contributed by atoms with van der Waals surface area (Å²) in [5.74, 6) is 0. The number of benzene rings is 2. The predicted molar refractivity (Wildman–Crippen MR) is 90.4 cm³/mol. The number of rotatable bonds is 4. The molecule has 2 aromatic carbocycles. The van der Waals surface area contributed by atoms with Crippen LogP contribution < -0.4 is 0 Å². The van der Waals surface area contributed by atoms with Gasteiger partial charge in [-0.05, 0) is 50.6 Å². The Hall–Kier alpha value is -1.36. The second-order valence-electron chi connectivity index (χ2n) is 6.12. The first kappa shape index (κ1) is 17.0. The van der Waals surface area contributed by atoms with Gasteiger partial charge in [-0.1, -0.05) is 41.9 Å². The molecule has 0 aliphatic rings. The molecule has 0 aromatic heterocycles. The van der Waals surface area contributed by atoms with E-state index in [1.165, 1.54) is 4.31 Å². The molecule has 0 atom stereocenters.